The number of nitrogens with one attached hydrogen (secondary N) is 1. The topological polar surface area (TPSA) is 75.4 Å². The van der Waals surface area contributed by atoms with Gasteiger partial charge in [-0.15, -0.1) is 0 Å². The van der Waals surface area contributed by atoms with Crippen molar-refractivity contribution in [1.82, 2.24) is 5.32 Å². The lowest BCUT2D eigenvalue weighted by atomic mass is 10.2. The third-order valence-electron chi connectivity index (χ3n) is 2.36. The molecular weight excluding hydrogens is 232 g/mol. The van der Waals surface area contributed by atoms with E-state index in [9.17, 15) is 18.4 Å². The highest BCUT2D eigenvalue weighted by atomic mass is 19.1. The van der Waals surface area contributed by atoms with E-state index in [4.69, 9.17) is 5.73 Å². The largest absolute Gasteiger partial charge is 0.395 e. The van der Waals surface area contributed by atoms with Crippen LogP contribution in [0.4, 0.5) is 20.2 Å². The average molecular weight is 241 g/mol. The van der Waals surface area contributed by atoms with Crippen molar-refractivity contribution in [2.45, 2.75) is 0 Å². The molecule has 1 aliphatic heterocycles. The lowest BCUT2D eigenvalue weighted by molar-refractivity contribution is -0.130. The summed E-state index contributed by atoms with van der Waals surface area (Å²) in [5.41, 5.74) is 5.17. The molecule has 1 aromatic carbocycles. The summed E-state index contributed by atoms with van der Waals surface area (Å²) in [5.74, 6) is -2.81. The van der Waals surface area contributed by atoms with Gasteiger partial charge in [-0.3, -0.25) is 14.9 Å². The molecule has 0 saturated carbocycles. The Morgan fingerprint density at radius 3 is 2.35 bits per heavy atom. The summed E-state index contributed by atoms with van der Waals surface area (Å²) in [5, 5.41) is 2.08. The number of nitrogens with two attached hydrogens (primary N) is 1. The molecule has 0 bridgehead atoms. The number of hydrogen-bond donors (Lipinski definition) is 2. The van der Waals surface area contributed by atoms with E-state index in [-0.39, 0.29) is 24.5 Å². The summed E-state index contributed by atoms with van der Waals surface area (Å²) in [4.78, 5) is 23.5. The number of imide groups is 1. The quantitative estimate of drug-likeness (QED) is 0.536. The Bertz CT molecular complexity index is 489. The van der Waals surface area contributed by atoms with Crippen LogP contribution in [0.2, 0.25) is 0 Å². The second kappa shape index (κ2) is 4.00. The smallest absolute Gasteiger partial charge is 0.246 e. The van der Waals surface area contributed by atoms with Crippen LogP contribution < -0.4 is 16.0 Å². The molecule has 0 aliphatic carbocycles. The van der Waals surface area contributed by atoms with Crippen LogP contribution >= 0.6 is 0 Å². The third kappa shape index (κ3) is 2.17. The van der Waals surface area contributed by atoms with E-state index in [1.165, 1.54) is 4.90 Å². The van der Waals surface area contributed by atoms with Gasteiger partial charge in [0.1, 0.15) is 5.82 Å². The molecule has 0 unspecified atom stereocenters. The SMILES string of the molecule is Nc1c(F)cc(F)cc1N1CC(=O)NC(=O)C1. The summed E-state index contributed by atoms with van der Waals surface area (Å²) in [7, 11) is 0. The number of piperazine rings is 1. The minimum atomic E-state index is -0.918. The summed E-state index contributed by atoms with van der Waals surface area (Å²) in [6, 6.07) is 1.63. The van der Waals surface area contributed by atoms with E-state index >= 15 is 0 Å². The molecule has 17 heavy (non-hydrogen) atoms. The first-order valence-electron chi connectivity index (χ1n) is 4.79. The van der Waals surface area contributed by atoms with E-state index in [1.807, 2.05) is 0 Å². The van der Waals surface area contributed by atoms with Crippen molar-refractivity contribution < 1.29 is 18.4 Å². The lowest BCUT2D eigenvalue weighted by Gasteiger charge is -2.28. The Hall–Kier alpha value is -2.18. The van der Waals surface area contributed by atoms with Crippen molar-refractivity contribution in [2.24, 2.45) is 0 Å². The molecule has 2 amide bonds. The maximum Gasteiger partial charge on any atom is 0.246 e. The Morgan fingerprint density at radius 1 is 1.18 bits per heavy atom. The van der Waals surface area contributed by atoms with Crippen molar-refractivity contribution in [3.8, 4) is 0 Å². The molecule has 3 N–H and O–H groups in total. The predicted octanol–water partition coefficient (Wildman–Crippen LogP) is 0.00980. The van der Waals surface area contributed by atoms with Crippen LogP contribution in [0.15, 0.2) is 12.1 Å². The maximum absolute atomic E-state index is 13.2. The summed E-state index contributed by atoms with van der Waals surface area (Å²) < 4.78 is 26.3. The van der Waals surface area contributed by atoms with Crippen LogP contribution in [-0.2, 0) is 9.59 Å². The molecule has 0 atom stereocenters. The highest BCUT2D eigenvalue weighted by Crippen LogP contribution is 2.27. The minimum absolute atomic E-state index is 0.00528. The van der Waals surface area contributed by atoms with Gasteiger partial charge >= 0.3 is 0 Å². The predicted molar refractivity (Wildman–Crippen MR) is 56.1 cm³/mol. The number of rotatable bonds is 1. The number of anilines is 2. The number of hydrogen-bond acceptors (Lipinski definition) is 4. The molecular formula is C10H9F2N3O2. The van der Waals surface area contributed by atoms with Crippen LogP contribution in [-0.4, -0.2) is 24.9 Å². The zero-order chi connectivity index (χ0) is 12.6. The van der Waals surface area contributed by atoms with Gasteiger partial charge in [-0.2, -0.15) is 0 Å². The number of amides is 2. The number of carbonyl (C=O) groups excluding carboxylic acids is 2. The van der Waals surface area contributed by atoms with E-state index in [2.05, 4.69) is 5.32 Å². The Labute approximate surface area is 95.2 Å². The standard InChI is InChI=1S/C10H9F2N3O2/c11-5-1-6(12)10(13)7(2-5)15-3-8(16)14-9(17)4-15/h1-2H,3-4,13H2,(H,14,16,17). The van der Waals surface area contributed by atoms with Crippen molar-refractivity contribution in [3.63, 3.8) is 0 Å². The van der Waals surface area contributed by atoms with Gasteiger partial charge in [-0.1, -0.05) is 0 Å². The van der Waals surface area contributed by atoms with Crippen molar-refractivity contribution >= 4 is 23.2 Å². The zero-order valence-electron chi connectivity index (χ0n) is 8.67. The highest BCUT2D eigenvalue weighted by Gasteiger charge is 2.25. The first-order chi connectivity index (χ1) is 7.97. The number of carbonyl (C=O) groups is 2. The van der Waals surface area contributed by atoms with Crippen LogP contribution in [0.5, 0.6) is 0 Å². The fourth-order valence-corrected chi connectivity index (χ4v) is 1.64. The fraction of sp³-hybridized carbons (Fsp3) is 0.200. The van der Waals surface area contributed by atoms with E-state index in [0.29, 0.717) is 6.07 Å². The first kappa shape index (κ1) is 11.3. The third-order valence-corrected chi connectivity index (χ3v) is 2.36. The molecule has 1 fully saturated rings. The van der Waals surface area contributed by atoms with Gasteiger partial charge < -0.3 is 10.6 Å². The first-order valence-corrected chi connectivity index (χ1v) is 4.79. The molecule has 1 heterocycles. The monoisotopic (exact) mass is 241 g/mol. The Morgan fingerprint density at radius 2 is 1.76 bits per heavy atom. The molecule has 1 aliphatic rings. The number of halogens is 2. The zero-order valence-corrected chi connectivity index (χ0v) is 8.67. The number of benzene rings is 1. The molecule has 0 spiro atoms. The van der Waals surface area contributed by atoms with Crippen molar-refractivity contribution in [2.75, 3.05) is 23.7 Å². The Balaban J connectivity index is 2.39. The van der Waals surface area contributed by atoms with Crippen LogP contribution in [0, 0.1) is 11.6 Å². The summed E-state index contributed by atoms with van der Waals surface area (Å²) in [6.45, 7) is -0.336. The van der Waals surface area contributed by atoms with Gasteiger partial charge in [0.05, 0.1) is 24.5 Å². The van der Waals surface area contributed by atoms with Crippen LogP contribution in [0.25, 0.3) is 0 Å². The van der Waals surface area contributed by atoms with Crippen molar-refractivity contribution in [1.29, 1.82) is 0 Å². The Kier molecular flexibility index (Phi) is 2.66. The van der Waals surface area contributed by atoms with E-state index in [1.54, 1.807) is 0 Å². The molecule has 90 valence electrons. The van der Waals surface area contributed by atoms with Crippen LogP contribution in [0.3, 0.4) is 0 Å². The maximum atomic E-state index is 13.2. The van der Waals surface area contributed by atoms with Crippen LogP contribution in [0.1, 0.15) is 0 Å². The van der Waals surface area contributed by atoms with Gasteiger partial charge in [-0.25, -0.2) is 8.78 Å². The molecule has 1 saturated heterocycles. The van der Waals surface area contributed by atoms with Gasteiger partial charge in [-0.05, 0) is 6.07 Å². The lowest BCUT2D eigenvalue weighted by Crippen LogP contribution is -2.51. The van der Waals surface area contributed by atoms with Gasteiger partial charge in [0.25, 0.3) is 0 Å². The fourth-order valence-electron chi connectivity index (χ4n) is 1.64. The minimum Gasteiger partial charge on any atom is -0.395 e. The second-order valence-corrected chi connectivity index (χ2v) is 3.65. The molecule has 5 nitrogen and oxygen atoms in total. The molecule has 0 aromatic heterocycles. The highest BCUT2D eigenvalue weighted by molar-refractivity contribution is 6.03. The average Bonchev–Trinajstić information content (AvgIpc) is 2.22. The number of nitrogen functional groups attached to an aromatic ring is 1. The summed E-state index contributed by atoms with van der Waals surface area (Å²) >= 11 is 0. The van der Waals surface area contributed by atoms with Gasteiger partial charge in [0.15, 0.2) is 5.82 Å². The number of nitrogens with zero attached hydrogens (tertiary/aromatic N) is 1. The molecule has 2 rings (SSSR count). The normalized spacial score (nSPS) is 16.0. The van der Waals surface area contributed by atoms with Gasteiger partial charge in [0, 0.05) is 6.07 Å². The van der Waals surface area contributed by atoms with Gasteiger partial charge in [0.2, 0.25) is 11.8 Å². The van der Waals surface area contributed by atoms with E-state index in [0.717, 1.165) is 6.07 Å². The summed E-state index contributed by atoms with van der Waals surface area (Å²) in [6.07, 6.45) is 0. The molecule has 7 heteroatoms. The van der Waals surface area contributed by atoms with E-state index < -0.39 is 23.4 Å². The van der Waals surface area contributed by atoms with Crippen molar-refractivity contribution in [3.05, 3.63) is 23.8 Å². The molecule has 1 aromatic rings. The molecule has 0 radical (unpaired) electrons. The second-order valence-electron chi connectivity index (χ2n) is 3.65.